The van der Waals surface area contributed by atoms with Gasteiger partial charge in [-0.15, -0.1) is 0 Å². The van der Waals surface area contributed by atoms with E-state index in [1.165, 1.54) is 5.32 Å². The lowest BCUT2D eigenvalue weighted by atomic mass is 10.2. The Morgan fingerprint density at radius 3 is 2.00 bits per heavy atom. The predicted octanol–water partition coefficient (Wildman–Crippen LogP) is 1.20. The fourth-order valence-electron chi connectivity index (χ4n) is 1.36. The van der Waals surface area contributed by atoms with Crippen LogP contribution in [-0.2, 0) is 4.79 Å². The van der Waals surface area contributed by atoms with E-state index in [1.54, 1.807) is 5.32 Å². The van der Waals surface area contributed by atoms with Crippen LogP contribution < -0.4 is 10.6 Å². The van der Waals surface area contributed by atoms with E-state index in [4.69, 9.17) is 10.2 Å². The summed E-state index contributed by atoms with van der Waals surface area (Å²) in [7, 11) is 0. The van der Waals surface area contributed by atoms with E-state index in [0.717, 1.165) is 6.92 Å². The summed E-state index contributed by atoms with van der Waals surface area (Å²) in [6, 6.07) is -3.30. The lowest BCUT2D eigenvalue weighted by molar-refractivity contribution is -0.141. The first-order valence-electron chi connectivity index (χ1n) is 5.46. The SMILES string of the molecule is CC(O)C(NC(=O)Nc1c(F)c(F)cc(F)c1F)C(=O)O. The number of urea groups is 1. The van der Waals surface area contributed by atoms with Crippen LogP contribution in [0.4, 0.5) is 28.0 Å². The molecule has 0 heterocycles. The number of aliphatic hydroxyl groups is 1. The molecular weight excluding hydrogens is 300 g/mol. The van der Waals surface area contributed by atoms with Crippen LogP contribution >= 0.6 is 0 Å². The van der Waals surface area contributed by atoms with Gasteiger partial charge in [-0.1, -0.05) is 0 Å². The average molecular weight is 310 g/mol. The number of aliphatic carboxylic acids is 1. The van der Waals surface area contributed by atoms with Crippen molar-refractivity contribution < 1.29 is 37.4 Å². The summed E-state index contributed by atoms with van der Waals surface area (Å²) >= 11 is 0. The van der Waals surface area contributed by atoms with Crippen molar-refractivity contribution in [1.82, 2.24) is 5.32 Å². The van der Waals surface area contributed by atoms with Gasteiger partial charge in [0.1, 0.15) is 5.69 Å². The highest BCUT2D eigenvalue weighted by Gasteiger charge is 2.27. The summed E-state index contributed by atoms with van der Waals surface area (Å²) in [6.07, 6.45) is -1.52. The molecule has 2 unspecified atom stereocenters. The maximum absolute atomic E-state index is 13.3. The number of carbonyl (C=O) groups excluding carboxylic acids is 1. The molecule has 0 bridgehead atoms. The lowest BCUT2D eigenvalue weighted by Gasteiger charge is -2.17. The second-order valence-electron chi connectivity index (χ2n) is 4.00. The van der Waals surface area contributed by atoms with Crippen LogP contribution in [0.25, 0.3) is 0 Å². The summed E-state index contributed by atoms with van der Waals surface area (Å²) in [6.45, 7) is 1.04. The van der Waals surface area contributed by atoms with Gasteiger partial charge in [0.25, 0.3) is 0 Å². The van der Waals surface area contributed by atoms with Gasteiger partial charge in [-0.2, -0.15) is 0 Å². The number of aliphatic hydroxyl groups excluding tert-OH is 1. The Morgan fingerprint density at radius 2 is 1.62 bits per heavy atom. The van der Waals surface area contributed by atoms with E-state index in [9.17, 15) is 27.2 Å². The molecule has 1 aromatic carbocycles. The highest BCUT2D eigenvalue weighted by atomic mass is 19.2. The van der Waals surface area contributed by atoms with Gasteiger partial charge in [-0.25, -0.2) is 27.2 Å². The zero-order valence-electron chi connectivity index (χ0n) is 10.5. The molecule has 21 heavy (non-hydrogen) atoms. The first kappa shape index (κ1) is 16.7. The molecular formula is C11H10F4N2O4. The largest absolute Gasteiger partial charge is 0.480 e. The van der Waals surface area contributed by atoms with Crippen LogP contribution in [0.5, 0.6) is 0 Å². The van der Waals surface area contributed by atoms with Gasteiger partial charge in [0, 0.05) is 6.07 Å². The van der Waals surface area contributed by atoms with Crippen molar-refractivity contribution in [2.24, 2.45) is 0 Å². The van der Waals surface area contributed by atoms with Crippen LogP contribution in [0.15, 0.2) is 6.07 Å². The molecule has 0 spiro atoms. The van der Waals surface area contributed by atoms with Crippen molar-refractivity contribution in [2.45, 2.75) is 19.1 Å². The van der Waals surface area contributed by atoms with Gasteiger partial charge in [-0.3, -0.25) is 0 Å². The minimum absolute atomic E-state index is 0.0520. The van der Waals surface area contributed by atoms with Gasteiger partial charge in [0.2, 0.25) is 0 Å². The second kappa shape index (κ2) is 6.39. The Hall–Kier alpha value is -2.36. The molecule has 0 aliphatic heterocycles. The first-order valence-corrected chi connectivity index (χ1v) is 5.46. The second-order valence-corrected chi connectivity index (χ2v) is 4.00. The fourth-order valence-corrected chi connectivity index (χ4v) is 1.36. The van der Waals surface area contributed by atoms with Crippen molar-refractivity contribution in [2.75, 3.05) is 5.32 Å². The van der Waals surface area contributed by atoms with E-state index in [0.29, 0.717) is 0 Å². The molecule has 1 aromatic rings. The molecule has 4 N–H and O–H groups in total. The lowest BCUT2D eigenvalue weighted by Crippen LogP contribution is -2.49. The monoisotopic (exact) mass is 310 g/mol. The third-order valence-electron chi connectivity index (χ3n) is 2.39. The predicted molar refractivity (Wildman–Crippen MR) is 61.5 cm³/mol. The topological polar surface area (TPSA) is 98.7 Å². The van der Waals surface area contributed by atoms with Gasteiger partial charge >= 0.3 is 12.0 Å². The summed E-state index contributed by atoms with van der Waals surface area (Å²) in [5.74, 6) is -8.81. The molecule has 0 saturated carbocycles. The minimum atomic E-state index is -1.85. The van der Waals surface area contributed by atoms with Crippen LogP contribution in [0.3, 0.4) is 0 Å². The maximum atomic E-state index is 13.3. The van der Waals surface area contributed by atoms with Crippen LogP contribution in [0.2, 0.25) is 0 Å². The molecule has 1 rings (SSSR count). The molecule has 0 aliphatic carbocycles. The molecule has 0 radical (unpaired) electrons. The average Bonchev–Trinajstić information content (AvgIpc) is 2.38. The number of carbonyl (C=O) groups is 2. The molecule has 116 valence electrons. The highest BCUT2D eigenvalue weighted by Crippen LogP contribution is 2.23. The van der Waals surface area contributed by atoms with E-state index < -0.39 is 53.1 Å². The molecule has 2 amide bonds. The number of benzene rings is 1. The number of anilines is 1. The van der Waals surface area contributed by atoms with Crippen molar-refractivity contribution in [1.29, 1.82) is 0 Å². The molecule has 6 nitrogen and oxygen atoms in total. The molecule has 0 saturated heterocycles. The van der Waals surface area contributed by atoms with Crippen molar-refractivity contribution in [3.05, 3.63) is 29.3 Å². The zero-order chi connectivity index (χ0) is 16.3. The van der Waals surface area contributed by atoms with Crippen molar-refractivity contribution >= 4 is 17.7 Å². The van der Waals surface area contributed by atoms with Gasteiger partial charge in [-0.05, 0) is 6.92 Å². The normalized spacial score (nSPS) is 13.4. The smallest absolute Gasteiger partial charge is 0.328 e. The quantitative estimate of drug-likeness (QED) is 0.496. The van der Waals surface area contributed by atoms with Crippen molar-refractivity contribution in [3.8, 4) is 0 Å². The molecule has 10 heteroatoms. The summed E-state index contributed by atoms with van der Waals surface area (Å²) in [4.78, 5) is 22.1. The molecule has 0 fully saturated rings. The zero-order valence-corrected chi connectivity index (χ0v) is 10.5. The Balaban J connectivity index is 2.97. The van der Waals surface area contributed by atoms with E-state index in [2.05, 4.69) is 0 Å². The fraction of sp³-hybridized carbons (Fsp3) is 0.273. The number of carboxylic acid groups (broad SMARTS) is 1. The summed E-state index contributed by atoms with van der Waals surface area (Å²) in [5.41, 5.74) is -1.42. The summed E-state index contributed by atoms with van der Waals surface area (Å²) in [5, 5.41) is 20.9. The van der Waals surface area contributed by atoms with Gasteiger partial charge < -0.3 is 20.8 Å². The standard InChI is InChI=1S/C11H10F4N2O4/c1-3(18)8(10(19)20)16-11(21)17-9-6(14)4(12)2-5(13)7(9)15/h2-3,8,18H,1H3,(H,19,20)(H2,16,17,21). The summed E-state index contributed by atoms with van der Waals surface area (Å²) < 4.78 is 52.3. The van der Waals surface area contributed by atoms with Crippen LogP contribution in [-0.4, -0.2) is 34.4 Å². The number of halogens is 4. The Labute approximate surface area is 115 Å². The van der Waals surface area contributed by atoms with Crippen molar-refractivity contribution in [3.63, 3.8) is 0 Å². The third kappa shape index (κ3) is 3.81. The van der Waals surface area contributed by atoms with Gasteiger partial charge in [0.05, 0.1) is 6.10 Å². The van der Waals surface area contributed by atoms with E-state index in [-0.39, 0.29) is 6.07 Å². The Morgan fingerprint density at radius 1 is 1.14 bits per heavy atom. The Bertz CT molecular complexity index is 554. The number of carboxylic acids is 1. The van der Waals surface area contributed by atoms with Crippen LogP contribution in [0, 0.1) is 23.3 Å². The number of amides is 2. The number of hydrogen-bond acceptors (Lipinski definition) is 3. The molecule has 0 aliphatic rings. The van der Waals surface area contributed by atoms with E-state index >= 15 is 0 Å². The molecule has 2 atom stereocenters. The first-order chi connectivity index (χ1) is 9.65. The number of nitrogens with one attached hydrogen (secondary N) is 2. The Kier molecular flexibility index (Phi) is 5.08. The van der Waals surface area contributed by atoms with E-state index in [1.807, 2.05) is 0 Å². The van der Waals surface area contributed by atoms with Gasteiger partial charge in [0.15, 0.2) is 29.3 Å². The molecule has 0 aromatic heterocycles. The number of rotatable bonds is 4. The third-order valence-corrected chi connectivity index (χ3v) is 2.39. The maximum Gasteiger partial charge on any atom is 0.328 e. The highest BCUT2D eigenvalue weighted by molar-refractivity contribution is 5.92. The van der Waals surface area contributed by atoms with Crippen LogP contribution in [0.1, 0.15) is 6.92 Å². The number of hydrogen-bond donors (Lipinski definition) is 4. The minimum Gasteiger partial charge on any atom is -0.480 e.